The van der Waals surface area contributed by atoms with Crippen molar-refractivity contribution < 1.29 is 4.79 Å². The Morgan fingerprint density at radius 1 is 1.37 bits per heavy atom. The van der Waals surface area contributed by atoms with Crippen LogP contribution in [0.1, 0.15) is 17.8 Å². The van der Waals surface area contributed by atoms with Crippen LogP contribution < -0.4 is 5.32 Å². The molecule has 0 aliphatic carbocycles. The first-order chi connectivity index (χ1) is 9.20. The molecule has 6 nitrogen and oxygen atoms in total. The van der Waals surface area contributed by atoms with Crippen molar-refractivity contribution in [3.63, 3.8) is 0 Å². The monoisotopic (exact) mass is 279 g/mol. The summed E-state index contributed by atoms with van der Waals surface area (Å²) < 4.78 is 1.60. The number of nitrogens with zero attached hydrogens (tertiary/aromatic N) is 4. The molecule has 0 unspecified atom stereocenters. The molecule has 2 rings (SSSR count). The Labute approximate surface area is 115 Å². The van der Waals surface area contributed by atoms with Crippen molar-refractivity contribution >= 4 is 17.5 Å². The molecule has 0 aliphatic rings. The summed E-state index contributed by atoms with van der Waals surface area (Å²) in [5.74, 6) is 0.759. The number of tetrazole rings is 1. The molecule has 2 aromatic rings. The fourth-order valence-corrected chi connectivity index (χ4v) is 1.73. The predicted molar refractivity (Wildman–Crippen MR) is 71.1 cm³/mol. The quantitative estimate of drug-likeness (QED) is 0.835. The van der Waals surface area contributed by atoms with E-state index in [-0.39, 0.29) is 18.9 Å². The number of aryl methyl sites for hydroxylation is 1. The highest BCUT2D eigenvalue weighted by Gasteiger charge is 2.09. The third kappa shape index (κ3) is 3.51. The summed E-state index contributed by atoms with van der Waals surface area (Å²) in [7, 11) is 0. The van der Waals surface area contributed by atoms with Crippen LogP contribution in [0.4, 0.5) is 0 Å². The molecular weight excluding hydrogens is 266 g/mol. The van der Waals surface area contributed by atoms with Crippen LogP contribution in [0, 0.1) is 6.92 Å². The van der Waals surface area contributed by atoms with Gasteiger partial charge in [0.05, 0.1) is 12.2 Å². The minimum absolute atomic E-state index is 0.117. The summed E-state index contributed by atoms with van der Waals surface area (Å²) in [6.45, 7) is 2.28. The van der Waals surface area contributed by atoms with Crippen LogP contribution in [-0.2, 0) is 11.3 Å². The van der Waals surface area contributed by atoms with Crippen molar-refractivity contribution in [1.29, 1.82) is 0 Å². The highest BCUT2D eigenvalue weighted by atomic mass is 35.5. The lowest BCUT2D eigenvalue weighted by Crippen LogP contribution is -2.24. The standard InChI is InChI=1S/C12H14ClN5O/c1-9-2-4-10(5-3-9)18-11(15-16-17-18)8-14-12(19)6-7-13/h2-5H,6-8H2,1H3,(H,14,19). The van der Waals surface area contributed by atoms with E-state index in [1.807, 2.05) is 31.2 Å². The normalized spacial score (nSPS) is 10.4. The lowest BCUT2D eigenvalue weighted by atomic mass is 10.2. The van der Waals surface area contributed by atoms with E-state index in [9.17, 15) is 4.79 Å². The van der Waals surface area contributed by atoms with Gasteiger partial charge < -0.3 is 5.32 Å². The molecule has 1 heterocycles. The van der Waals surface area contributed by atoms with Crippen molar-refractivity contribution in [3.8, 4) is 5.69 Å². The minimum Gasteiger partial charge on any atom is -0.349 e. The number of rotatable bonds is 5. The Morgan fingerprint density at radius 3 is 2.79 bits per heavy atom. The molecule has 0 atom stereocenters. The smallest absolute Gasteiger partial charge is 0.221 e. The van der Waals surface area contributed by atoms with Crippen molar-refractivity contribution in [2.75, 3.05) is 5.88 Å². The molecule has 100 valence electrons. The zero-order valence-electron chi connectivity index (χ0n) is 10.5. The number of benzene rings is 1. The van der Waals surface area contributed by atoms with Gasteiger partial charge in [-0.1, -0.05) is 17.7 Å². The largest absolute Gasteiger partial charge is 0.349 e. The van der Waals surface area contributed by atoms with Gasteiger partial charge in [0.2, 0.25) is 5.91 Å². The van der Waals surface area contributed by atoms with Crippen molar-refractivity contribution in [3.05, 3.63) is 35.7 Å². The maximum atomic E-state index is 11.4. The average molecular weight is 280 g/mol. The third-order valence-electron chi connectivity index (χ3n) is 2.58. The Balaban J connectivity index is 2.09. The second-order valence-electron chi connectivity index (χ2n) is 4.06. The summed E-state index contributed by atoms with van der Waals surface area (Å²) >= 11 is 5.49. The van der Waals surface area contributed by atoms with Crippen LogP contribution in [0.3, 0.4) is 0 Å². The molecule has 0 fully saturated rings. The number of carbonyl (C=O) groups is 1. The van der Waals surface area contributed by atoms with Gasteiger partial charge in [0.1, 0.15) is 0 Å². The number of hydrogen-bond donors (Lipinski definition) is 1. The molecule has 0 saturated heterocycles. The van der Waals surface area contributed by atoms with Crippen molar-refractivity contribution in [2.24, 2.45) is 0 Å². The second-order valence-corrected chi connectivity index (χ2v) is 4.44. The van der Waals surface area contributed by atoms with Gasteiger partial charge in [0, 0.05) is 12.3 Å². The highest BCUT2D eigenvalue weighted by Crippen LogP contribution is 2.09. The molecule has 1 aromatic heterocycles. The van der Waals surface area contributed by atoms with Gasteiger partial charge >= 0.3 is 0 Å². The van der Waals surface area contributed by atoms with E-state index in [1.165, 1.54) is 0 Å². The first kappa shape index (κ1) is 13.5. The van der Waals surface area contributed by atoms with E-state index in [0.717, 1.165) is 11.3 Å². The van der Waals surface area contributed by atoms with E-state index in [1.54, 1.807) is 4.68 Å². The number of carbonyl (C=O) groups excluding carboxylic acids is 1. The van der Waals surface area contributed by atoms with Crippen LogP contribution in [0.25, 0.3) is 5.69 Å². The molecule has 0 spiro atoms. The number of hydrogen-bond acceptors (Lipinski definition) is 4. The zero-order valence-corrected chi connectivity index (χ0v) is 11.3. The summed E-state index contributed by atoms with van der Waals surface area (Å²) in [6.07, 6.45) is 0.285. The van der Waals surface area contributed by atoms with Crippen LogP contribution in [-0.4, -0.2) is 32.0 Å². The molecule has 1 N–H and O–H groups in total. The predicted octanol–water partition coefficient (Wildman–Crippen LogP) is 1.22. The number of aromatic nitrogens is 4. The first-order valence-electron chi connectivity index (χ1n) is 5.87. The van der Waals surface area contributed by atoms with Gasteiger partial charge in [-0.3, -0.25) is 4.79 Å². The summed E-state index contributed by atoms with van der Waals surface area (Å²) in [4.78, 5) is 11.4. The topological polar surface area (TPSA) is 72.7 Å². The number of nitrogens with one attached hydrogen (secondary N) is 1. The highest BCUT2D eigenvalue weighted by molar-refractivity contribution is 6.18. The summed E-state index contributed by atoms with van der Waals surface area (Å²) in [5.41, 5.74) is 2.02. The molecule has 0 radical (unpaired) electrons. The summed E-state index contributed by atoms with van der Waals surface area (Å²) in [5, 5.41) is 14.2. The Hall–Kier alpha value is -1.95. The molecule has 1 amide bonds. The Bertz CT molecular complexity index is 552. The lowest BCUT2D eigenvalue weighted by molar-refractivity contribution is -0.120. The maximum absolute atomic E-state index is 11.4. The van der Waals surface area contributed by atoms with Gasteiger partial charge in [-0.25, -0.2) is 0 Å². The van der Waals surface area contributed by atoms with Gasteiger partial charge in [-0.2, -0.15) is 4.68 Å². The maximum Gasteiger partial charge on any atom is 0.221 e. The zero-order chi connectivity index (χ0) is 13.7. The minimum atomic E-state index is -0.117. The lowest BCUT2D eigenvalue weighted by Gasteiger charge is -2.06. The molecule has 7 heteroatoms. The Kier molecular flexibility index (Phi) is 4.46. The first-order valence-corrected chi connectivity index (χ1v) is 6.41. The van der Waals surface area contributed by atoms with E-state index in [2.05, 4.69) is 20.8 Å². The second kappa shape index (κ2) is 6.29. The molecule has 0 bridgehead atoms. The van der Waals surface area contributed by atoms with Gasteiger partial charge in [-0.05, 0) is 29.5 Å². The van der Waals surface area contributed by atoms with Crippen LogP contribution in [0.15, 0.2) is 24.3 Å². The van der Waals surface area contributed by atoms with E-state index < -0.39 is 0 Å². The van der Waals surface area contributed by atoms with Crippen LogP contribution in [0.5, 0.6) is 0 Å². The molecular formula is C12H14ClN5O. The molecule has 19 heavy (non-hydrogen) atoms. The average Bonchev–Trinajstić information content (AvgIpc) is 2.86. The molecule has 0 saturated carbocycles. The van der Waals surface area contributed by atoms with Crippen molar-refractivity contribution in [2.45, 2.75) is 19.9 Å². The van der Waals surface area contributed by atoms with Gasteiger partial charge in [0.15, 0.2) is 5.82 Å². The molecule has 1 aromatic carbocycles. The fraction of sp³-hybridized carbons (Fsp3) is 0.333. The van der Waals surface area contributed by atoms with E-state index in [4.69, 9.17) is 11.6 Å². The number of amides is 1. The van der Waals surface area contributed by atoms with Gasteiger partial charge in [0.25, 0.3) is 0 Å². The number of halogens is 1. The van der Waals surface area contributed by atoms with Crippen LogP contribution >= 0.6 is 11.6 Å². The Morgan fingerprint density at radius 2 is 2.11 bits per heavy atom. The SMILES string of the molecule is Cc1ccc(-n2nnnc2CNC(=O)CCCl)cc1. The van der Waals surface area contributed by atoms with Gasteiger partial charge in [-0.15, -0.1) is 16.7 Å². The van der Waals surface area contributed by atoms with E-state index in [0.29, 0.717) is 11.7 Å². The van der Waals surface area contributed by atoms with Crippen molar-refractivity contribution in [1.82, 2.24) is 25.5 Å². The fourth-order valence-electron chi connectivity index (χ4n) is 1.55. The number of alkyl halides is 1. The van der Waals surface area contributed by atoms with Crippen LogP contribution in [0.2, 0.25) is 0 Å². The van der Waals surface area contributed by atoms with E-state index >= 15 is 0 Å². The molecule has 0 aliphatic heterocycles. The third-order valence-corrected chi connectivity index (χ3v) is 2.77. The summed E-state index contributed by atoms with van der Waals surface area (Å²) in [6, 6.07) is 7.81.